The van der Waals surface area contributed by atoms with E-state index in [-0.39, 0.29) is 34.1 Å². The molecule has 3 aromatic rings. The van der Waals surface area contributed by atoms with Crippen molar-refractivity contribution in [2.75, 3.05) is 26.2 Å². The molecule has 0 N–H and O–H groups in total. The molecule has 7 nitrogen and oxygen atoms in total. The standard InChI is InChI=1S/C26H23ClFN3O4/c27-21-15-19(28)7-8-20(21)24(32)29-9-11-30(12-10-29)25(33)22-14-17-4-1-2-5-18(17)16-31(22)26(34)23-6-3-13-35-23/h1-8,13,15,22H,9-12,14,16H2. The number of benzene rings is 2. The average molecular weight is 496 g/mol. The van der Waals surface area contributed by atoms with Gasteiger partial charge >= 0.3 is 0 Å². The van der Waals surface area contributed by atoms with Crippen molar-refractivity contribution in [3.8, 4) is 0 Å². The maximum Gasteiger partial charge on any atom is 0.290 e. The molecule has 3 heterocycles. The van der Waals surface area contributed by atoms with Crippen LogP contribution in [0.25, 0.3) is 0 Å². The number of amides is 3. The fraction of sp³-hybridized carbons (Fsp3) is 0.269. The fourth-order valence-electron chi connectivity index (χ4n) is 4.67. The van der Waals surface area contributed by atoms with E-state index in [0.717, 1.165) is 17.2 Å². The van der Waals surface area contributed by atoms with Crippen molar-refractivity contribution in [3.05, 3.63) is 94.2 Å². The number of hydrogen-bond donors (Lipinski definition) is 0. The van der Waals surface area contributed by atoms with Gasteiger partial charge in [0.2, 0.25) is 5.91 Å². The zero-order chi connectivity index (χ0) is 24.5. The highest BCUT2D eigenvalue weighted by Crippen LogP contribution is 2.27. The number of piperazine rings is 1. The van der Waals surface area contributed by atoms with Crippen molar-refractivity contribution >= 4 is 29.3 Å². The van der Waals surface area contributed by atoms with Crippen LogP contribution in [0.4, 0.5) is 4.39 Å². The van der Waals surface area contributed by atoms with Crippen molar-refractivity contribution < 1.29 is 23.2 Å². The number of hydrogen-bond acceptors (Lipinski definition) is 4. The predicted molar refractivity (Wildman–Crippen MR) is 126 cm³/mol. The van der Waals surface area contributed by atoms with Crippen molar-refractivity contribution in [1.82, 2.24) is 14.7 Å². The SMILES string of the molecule is O=C(c1ccc(F)cc1Cl)N1CCN(C(=O)C2Cc3ccccc3CN2C(=O)c2ccco2)CC1. The van der Waals surface area contributed by atoms with Crippen molar-refractivity contribution in [3.63, 3.8) is 0 Å². The Balaban J connectivity index is 1.31. The molecule has 1 saturated heterocycles. The molecule has 9 heteroatoms. The maximum atomic E-state index is 13.6. The molecule has 1 fully saturated rings. The van der Waals surface area contributed by atoms with Crippen molar-refractivity contribution in [2.24, 2.45) is 0 Å². The molecule has 2 aromatic carbocycles. The van der Waals surface area contributed by atoms with Gasteiger partial charge in [-0.05, 0) is 41.5 Å². The highest BCUT2D eigenvalue weighted by molar-refractivity contribution is 6.33. The lowest BCUT2D eigenvalue weighted by Gasteiger charge is -2.41. The summed E-state index contributed by atoms with van der Waals surface area (Å²) in [7, 11) is 0. The Morgan fingerprint density at radius 3 is 2.29 bits per heavy atom. The van der Waals surface area contributed by atoms with Crippen LogP contribution in [-0.2, 0) is 17.8 Å². The summed E-state index contributed by atoms with van der Waals surface area (Å²) in [5, 5.41) is 0.0569. The number of rotatable bonds is 3. The molecule has 5 rings (SSSR count). The van der Waals surface area contributed by atoms with Gasteiger partial charge in [0.15, 0.2) is 5.76 Å². The van der Waals surface area contributed by atoms with Gasteiger partial charge in [0.05, 0.1) is 16.8 Å². The molecule has 1 atom stereocenters. The molecule has 180 valence electrons. The van der Waals surface area contributed by atoms with E-state index in [1.165, 1.54) is 18.4 Å². The number of halogens is 2. The minimum Gasteiger partial charge on any atom is -0.459 e. The third kappa shape index (κ3) is 4.53. The van der Waals surface area contributed by atoms with Crippen LogP contribution >= 0.6 is 11.6 Å². The van der Waals surface area contributed by atoms with E-state index < -0.39 is 11.9 Å². The van der Waals surface area contributed by atoms with E-state index in [9.17, 15) is 18.8 Å². The van der Waals surface area contributed by atoms with Gasteiger partial charge in [-0.3, -0.25) is 14.4 Å². The molecular weight excluding hydrogens is 473 g/mol. The molecule has 0 radical (unpaired) electrons. The first-order valence-electron chi connectivity index (χ1n) is 11.4. The maximum absolute atomic E-state index is 13.6. The van der Waals surface area contributed by atoms with Crippen LogP contribution < -0.4 is 0 Å². The first-order valence-corrected chi connectivity index (χ1v) is 11.7. The minimum absolute atomic E-state index is 0.0569. The van der Waals surface area contributed by atoms with E-state index >= 15 is 0 Å². The minimum atomic E-state index is -0.670. The van der Waals surface area contributed by atoms with Crippen LogP contribution in [0.2, 0.25) is 5.02 Å². The summed E-state index contributed by atoms with van der Waals surface area (Å²) in [6, 6.07) is 14.0. The molecule has 0 spiro atoms. The summed E-state index contributed by atoms with van der Waals surface area (Å²) in [5.74, 6) is -1.12. The summed E-state index contributed by atoms with van der Waals surface area (Å²) < 4.78 is 18.7. The molecule has 1 aromatic heterocycles. The largest absolute Gasteiger partial charge is 0.459 e. The summed E-state index contributed by atoms with van der Waals surface area (Å²) in [6.07, 6.45) is 1.84. The molecular formula is C26H23ClFN3O4. The second-order valence-electron chi connectivity index (χ2n) is 8.64. The van der Waals surface area contributed by atoms with E-state index in [1.807, 2.05) is 24.3 Å². The Morgan fingerprint density at radius 1 is 0.886 bits per heavy atom. The second kappa shape index (κ2) is 9.54. The zero-order valence-electron chi connectivity index (χ0n) is 18.8. The first kappa shape index (κ1) is 23.1. The Labute approximate surface area is 206 Å². The normalized spacial score (nSPS) is 17.8. The van der Waals surface area contributed by atoms with Crippen LogP contribution in [-0.4, -0.2) is 64.6 Å². The Morgan fingerprint density at radius 2 is 1.60 bits per heavy atom. The van der Waals surface area contributed by atoms with Crippen molar-refractivity contribution in [2.45, 2.75) is 19.0 Å². The van der Waals surface area contributed by atoms with Crippen LogP contribution in [0, 0.1) is 5.82 Å². The van der Waals surface area contributed by atoms with Gasteiger partial charge in [0.1, 0.15) is 11.9 Å². The van der Waals surface area contributed by atoms with Gasteiger partial charge in [-0.15, -0.1) is 0 Å². The lowest BCUT2D eigenvalue weighted by atomic mass is 9.92. The van der Waals surface area contributed by atoms with E-state index in [0.29, 0.717) is 39.1 Å². The third-order valence-electron chi connectivity index (χ3n) is 6.57. The Kier molecular flexibility index (Phi) is 6.30. The van der Waals surface area contributed by atoms with Crippen LogP contribution in [0.3, 0.4) is 0 Å². The predicted octanol–water partition coefficient (Wildman–Crippen LogP) is 3.62. The molecule has 1 unspecified atom stereocenters. The van der Waals surface area contributed by atoms with E-state index in [1.54, 1.807) is 26.8 Å². The van der Waals surface area contributed by atoms with Crippen molar-refractivity contribution in [1.29, 1.82) is 0 Å². The summed E-state index contributed by atoms with van der Waals surface area (Å²) >= 11 is 6.06. The lowest BCUT2D eigenvalue weighted by Crippen LogP contribution is -2.58. The van der Waals surface area contributed by atoms with Gasteiger partial charge in [0.25, 0.3) is 11.8 Å². The molecule has 2 aliphatic rings. The fourth-order valence-corrected chi connectivity index (χ4v) is 4.92. The Hall–Kier alpha value is -3.65. The summed E-state index contributed by atoms with van der Waals surface area (Å²) in [4.78, 5) is 44.5. The number of carbonyl (C=O) groups excluding carboxylic acids is 3. The highest BCUT2D eigenvalue weighted by atomic mass is 35.5. The topological polar surface area (TPSA) is 74.1 Å². The van der Waals surface area contributed by atoms with Gasteiger partial charge in [-0.1, -0.05) is 35.9 Å². The van der Waals surface area contributed by atoms with Crippen LogP contribution in [0.1, 0.15) is 32.0 Å². The molecule has 3 amide bonds. The monoisotopic (exact) mass is 495 g/mol. The van der Waals surface area contributed by atoms with Crippen LogP contribution in [0.15, 0.2) is 65.3 Å². The lowest BCUT2D eigenvalue weighted by molar-refractivity contribution is -0.138. The van der Waals surface area contributed by atoms with E-state index in [4.69, 9.17) is 16.0 Å². The van der Waals surface area contributed by atoms with Gasteiger partial charge < -0.3 is 19.1 Å². The number of furan rings is 1. The molecule has 0 saturated carbocycles. The molecule has 0 aliphatic carbocycles. The van der Waals surface area contributed by atoms with Crippen LogP contribution in [0.5, 0.6) is 0 Å². The Bertz CT molecular complexity index is 1270. The second-order valence-corrected chi connectivity index (χ2v) is 9.05. The highest BCUT2D eigenvalue weighted by Gasteiger charge is 2.39. The first-order chi connectivity index (χ1) is 16.9. The smallest absolute Gasteiger partial charge is 0.290 e. The zero-order valence-corrected chi connectivity index (χ0v) is 19.6. The molecule has 0 bridgehead atoms. The molecule has 35 heavy (non-hydrogen) atoms. The average Bonchev–Trinajstić information content (AvgIpc) is 3.42. The molecule has 2 aliphatic heterocycles. The summed E-state index contributed by atoms with van der Waals surface area (Å²) in [6.45, 7) is 1.59. The number of nitrogens with zero attached hydrogens (tertiary/aromatic N) is 3. The quantitative estimate of drug-likeness (QED) is 0.556. The number of fused-ring (bicyclic) bond motifs is 1. The van der Waals surface area contributed by atoms with Gasteiger partial charge in [-0.2, -0.15) is 0 Å². The van der Waals surface area contributed by atoms with E-state index in [2.05, 4.69) is 0 Å². The third-order valence-corrected chi connectivity index (χ3v) is 6.88. The number of carbonyl (C=O) groups is 3. The van der Waals surface area contributed by atoms with Gasteiger partial charge in [-0.25, -0.2) is 4.39 Å². The van der Waals surface area contributed by atoms with Gasteiger partial charge in [0, 0.05) is 39.1 Å². The summed E-state index contributed by atoms with van der Waals surface area (Å²) in [5.41, 5.74) is 2.27.